The van der Waals surface area contributed by atoms with Crippen LogP contribution in [0.5, 0.6) is 0 Å². The minimum Gasteiger partial charge on any atom is -0.358 e. The highest BCUT2D eigenvalue weighted by Gasteiger charge is 2.22. The number of rotatable bonds is 3. The van der Waals surface area contributed by atoms with Crippen molar-refractivity contribution in [3.63, 3.8) is 0 Å². The highest BCUT2D eigenvalue weighted by atomic mass is 16.2. The van der Waals surface area contributed by atoms with E-state index in [4.69, 9.17) is 0 Å². The third-order valence-corrected chi connectivity index (χ3v) is 5.57. The normalized spacial score (nSPS) is 15.6. The van der Waals surface area contributed by atoms with Crippen molar-refractivity contribution in [2.24, 2.45) is 7.05 Å². The average molecular weight is 377 g/mol. The summed E-state index contributed by atoms with van der Waals surface area (Å²) < 4.78 is 1.78. The van der Waals surface area contributed by atoms with Gasteiger partial charge in [0.1, 0.15) is 0 Å². The first-order valence-corrected chi connectivity index (χ1v) is 9.76. The van der Waals surface area contributed by atoms with Crippen molar-refractivity contribution in [1.29, 1.82) is 0 Å². The number of benzene rings is 1. The molecule has 3 heterocycles. The molecule has 1 aromatic carbocycles. The molecule has 4 rings (SSSR count). The van der Waals surface area contributed by atoms with Crippen LogP contribution < -0.4 is 5.32 Å². The van der Waals surface area contributed by atoms with Gasteiger partial charge in [0.15, 0.2) is 0 Å². The summed E-state index contributed by atoms with van der Waals surface area (Å²) in [7, 11) is 1.90. The van der Waals surface area contributed by atoms with Gasteiger partial charge in [0.2, 0.25) is 0 Å². The van der Waals surface area contributed by atoms with Gasteiger partial charge in [-0.15, -0.1) is 0 Å². The molecule has 2 amide bonds. The number of hydrogen-bond donors (Lipinski definition) is 2. The van der Waals surface area contributed by atoms with E-state index in [9.17, 15) is 4.79 Å². The number of fused-ring (bicyclic) bond motifs is 1. The molecule has 1 aliphatic heterocycles. The van der Waals surface area contributed by atoms with E-state index >= 15 is 0 Å². The molecule has 0 bridgehead atoms. The monoisotopic (exact) mass is 377 g/mol. The first-order chi connectivity index (χ1) is 13.4. The lowest BCUT2D eigenvalue weighted by molar-refractivity contribution is 0.199. The van der Waals surface area contributed by atoms with E-state index in [2.05, 4.69) is 52.7 Å². The maximum Gasteiger partial charge on any atom is 0.318 e. The van der Waals surface area contributed by atoms with Gasteiger partial charge in [0, 0.05) is 54.1 Å². The van der Waals surface area contributed by atoms with Gasteiger partial charge >= 0.3 is 6.03 Å². The van der Waals surface area contributed by atoms with Gasteiger partial charge in [-0.05, 0) is 38.8 Å². The Labute approximate surface area is 165 Å². The molecule has 0 fully saturated rings. The lowest BCUT2D eigenvalue weighted by atomic mass is 9.97. The highest BCUT2D eigenvalue weighted by Crippen LogP contribution is 2.32. The Kier molecular flexibility index (Phi) is 4.71. The van der Waals surface area contributed by atoms with Gasteiger partial charge in [-0.25, -0.2) is 4.79 Å². The Balaban J connectivity index is 1.47. The van der Waals surface area contributed by atoms with E-state index in [-0.39, 0.29) is 12.1 Å². The smallest absolute Gasteiger partial charge is 0.318 e. The second kappa shape index (κ2) is 7.19. The number of nitrogens with zero attached hydrogens (tertiary/aromatic N) is 3. The quantitative estimate of drug-likeness (QED) is 0.722. The molecule has 0 saturated heterocycles. The number of amides is 2. The lowest BCUT2D eigenvalue weighted by Crippen LogP contribution is -2.43. The molecule has 1 aliphatic rings. The van der Waals surface area contributed by atoms with Crippen LogP contribution in [0.15, 0.2) is 36.5 Å². The first-order valence-electron chi connectivity index (χ1n) is 9.76. The first kappa shape index (κ1) is 18.3. The summed E-state index contributed by atoms with van der Waals surface area (Å²) >= 11 is 0. The second-order valence-electron chi connectivity index (χ2n) is 7.61. The van der Waals surface area contributed by atoms with Crippen LogP contribution in [0.3, 0.4) is 0 Å². The number of carbonyl (C=O) groups excluding carboxylic acids is 1. The Morgan fingerprint density at radius 1 is 1.29 bits per heavy atom. The average Bonchev–Trinajstić information content (AvgIpc) is 3.19. The fourth-order valence-corrected chi connectivity index (χ4v) is 4.17. The number of nitrogens with one attached hydrogen (secondary N) is 2. The molecule has 0 saturated carbocycles. The highest BCUT2D eigenvalue weighted by molar-refractivity contribution is 5.94. The van der Waals surface area contributed by atoms with E-state index in [1.165, 1.54) is 22.2 Å². The van der Waals surface area contributed by atoms with Crippen LogP contribution in [0, 0.1) is 13.8 Å². The molecule has 2 aromatic heterocycles. The third-order valence-electron chi connectivity index (χ3n) is 5.57. The fourth-order valence-electron chi connectivity index (χ4n) is 4.17. The fraction of sp³-hybridized carbons (Fsp3) is 0.364. The molecule has 2 N–H and O–H groups in total. The number of para-hydroxylation sites is 1. The maximum absolute atomic E-state index is 12.7. The molecule has 0 radical (unpaired) electrons. The number of H-pyrrole nitrogens is 1. The summed E-state index contributed by atoms with van der Waals surface area (Å²) in [5.74, 6) is 0. The largest absolute Gasteiger partial charge is 0.358 e. The van der Waals surface area contributed by atoms with Crippen molar-refractivity contribution in [2.45, 2.75) is 33.2 Å². The van der Waals surface area contributed by atoms with Crippen molar-refractivity contribution >= 4 is 22.5 Å². The summed E-state index contributed by atoms with van der Waals surface area (Å²) in [4.78, 5) is 18.1. The number of aromatic amines is 1. The lowest BCUT2D eigenvalue weighted by Gasteiger charge is -2.28. The molecule has 1 atom stereocenters. The summed E-state index contributed by atoms with van der Waals surface area (Å²) in [5.41, 5.74) is 6.96. The number of carbonyl (C=O) groups is 1. The van der Waals surface area contributed by atoms with E-state index in [0.717, 1.165) is 29.7 Å². The molecule has 0 aliphatic carbocycles. The van der Waals surface area contributed by atoms with Crippen LogP contribution in [0.2, 0.25) is 0 Å². The zero-order valence-corrected chi connectivity index (χ0v) is 16.9. The number of urea groups is 1. The van der Waals surface area contributed by atoms with Gasteiger partial charge in [-0.3, -0.25) is 4.68 Å². The van der Waals surface area contributed by atoms with Crippen molar-refractivity contribution in [2.75, 3.05) is 13.1 Å². The van der Waals surface area contributed by atoms with Gasteiger partial charge in [0.25, 0.3) is 0 Å². The summed E-state index contributed by atoms with van der Waals surface area (Å²) in [6.07, 6.45) is 5.01. The van der Waals surface area contributed by atoms with E-state index in [1.807, 2.05) is 32.0 Å². The van der Waals surface area contributed by atoms with Crippen molar-refractivity contribution in [1.82, 2.24) is 25.0 Å². The Morgan fingerprint density at radius 2 is 2.07 bits per heavy atom. The van der Waals surface area contributed by atoms with Gasteiger partial charge in [0.05, 0.1) is 11.7 Å². The van der Waals surface area contributed by atoms with Gasteiger partial charge in [-0.2, -0.15) is 5.10 Å². The predicted octanol–water partition coefficient (Wildman–Crippen LogP) is 4.08. The van der Waals surface area contributed by atoms with Crippen LogP contribution in [-0.2, 0) is 7.05 Å². The molecular weight excluding hydrogens is 350 g/mol. The molecule has 0 spiro atoms. The molecule has 28 heavy (non-hydrogen) atoms. The second-order valence-corrected chi connectivity index (χ2v) is 7.61. The molecule has 1 unspecified atom stereocenters. The minimum absolute atomic E-state index is 0.0262. The standard InChI is InChI=1S/C22H27N5O/c1-14(19-13-26(4)25-15(19)2)24-22(28)27-11-9-17(10-12-27)21-16(3)23-20-8-6-5-7-18(20)21/h5-9,13-14,23H,10-12H2,1-4H3,(H,24,28). The number of aromatic nitrogens is 3. The van der Waals surface area contributed by atoms with Crippen LogP contribution >= 0.6 is 0 Å². The zero-order valence-electron chi connectivity index (χ0n) is 16.9. The molecule has 3 aromatic rings. The predicted molar refractivity (Wildman–Crippen MR) is 112 cm³/mol. The topological polar surface area (TPSA) is 66.0 Å². The van der Waals surface area contributed by atoms with Crippen LogP contribution in [-0.4, -0.2) is 38.8 Å². The van der Waals surface area contributed by atoms with Gasteiger partial charge < -0.3 is 15.2 Å². The molecule has 146 valence electrons. The van der Waals surface area contributed by atoms with Crippen LogP contribution in [0.1, 0.15) is 41.9 Å². The van der Waals surface area contributed by atoms with E-state index in [0.29, 0.717) is 6.54 Å². The Hall–Kier alpha value is -3.02. The SMILES string of the molecule is Cc1nn(C)cc1C(C)NC(=O)N1CC=C(c2c(C)[nH]c3ccccc23)CC1. The number of aryl methyl sites for hydroxylation is 3. The Bertz CT molecular complexity index is 1060. The van der Waals surface area contributed by atoms with Crippen LogP contribution in [0.25, 0.3) is 16.5 Å². The Morgan fingerprint density at radius 3 is 2.75 bits per heavy atom. The minimum atomic E-state index is -0.0672. The number of hydrogen-bond acceptors (Lipinski definition) is 2. The molecule has 6 nitrogen and oxygen atoms in total. The maximum atomic E-state index is 12.7. The van der Waals surface area contributed by atoms with E-state index < -0.39 is 0 Å². The summed E-state index contributed by atoms with van der Waals surface area (Å²) in [6.45, 7) is 7.43. The van der Waals surface area contributed by atoms with Gasteiger partial charge in [-0.1, -0.05) is 24.3 Å². The van der Waals surface area contributed by atoms with Crippen molar-refractivity contribution < 1.29 is 4.79 Å². The van der Waals surface area contributed by atoms with Crippen molar-refractivity contribution in [3.05, 3.63) is 59.1 Å². The zero-order chi connectivity index (χ0) is 19.8. The summed E-state index contributed by atoms with van der Waals surface area (Å²) in [6, 6.07) is 8.30. The summed E-state index contributed by atoms with van der Waals surface area (Å²) in [5, 5.41) is 8.73. The molecular formula is C22H27N5O. The van der Waals surface area contributed by atoms with E-state index in [1.54, 1.807) is 4.68 Å². The third kappa shape index (κ3) is 3.30. The molecule has 6 heteroatoms. The van der Waals surface area contributed by atoms with Crippen LogP contribution in [0.4, 0.5) is 4.79 Å². The van der Waals surface area contributed by atoms with Crippen molar-refractivity contribution in [3.8, 4) is 0 Å².